The molecule has 2 nitrogen and oxygen atoms in total. The quantitative estimate of drug-likeness (QED) is 0.664. The van der Waals surface area contributed by atoms with Crippen LogP contribution in [0.2, 0.25) is 0 Å². The van der Waals surface area contributed by atoms with Crippen molar-refractivity contribution < 1.29 is 12.3 Å². The second kappa shape index (κ2) is 3.23. The molecular formula is C8H9FO2S. The number of benzene rings is 1. The van der Waals surface area contributed by atoms with Crippen LogP contribution in [0.4, 0.5) is 3.89 Å². The van der Waals surface area contributed by atoms with Crippen LogP contribution in [0.1, 0.15) is 12.5 Å². The van der Waals surface area contributed by atoms with Crippen molar-refractivity contribution in [2.45, 2.75) is 18.2 Å². The molecule has 1 aromatic rings. The van der Waals surface area contributed by atoms with E-state index in [1.165, 1.54) is 12.1 Å². The third-order valence-corrected chi connectivity index (χ3v) is 2.45. The van der Waals surface area contributed by atoms with Crippen molar-refractivity contribution in [3.8, 4) is 0 Å². The standard InChI is InChI=1S/C8H9FO2S/c1-2-7-3-5-8(6-4-7)12(9,10)11/h3-6H,2H2,1H3. The van der Waals surface area contributed by atoms with E-state index in [0.29, 0.717) is 0 Å². The summed E-state index contributed by atoms with van der Waals surface area (Å²) in [7, 11) is -4.53. The van der Waals surface area contributed by atoms with E-state index in [4.69, 9.17) is 0 Å². The first-order valence-electron chi connectivity index (χ1n) is 3.57. The third kappa shape index (κ3) is 2.04. The van der Waals surface area contributed by atoms with E-state index in [0.717, 1.165) is 12.0 Å². The molecule has 1 aromatic carbocycles. The van der Waals surface area contributed by atoms with Gasteiger partial charge in [-0.25, -0.2) is 0 Å². The first-order valence-corrected chi connectivity index (χ1v) is 4.96. The molecule has 0 saturated heterocycles. The van der Waals surface area contributed by atoms with Gasteiger partial charge in [0.2, 0.25) is 0 Å². The van der Waals surface area contributed by atoms with Gasteiger partial charge in [-0.2, -0.15) is 8.42 Å². The Balaban J connectivity index is 3.09. The minimum atomic E-state index is -4.53. The summed E-state index contributed by atoms with van der Waals surface area (Å²) in [5, 5.41) is 0. The van der Waals surface area contributed by atoms with Crippen molar-refractivity contribution in [1.29, 1.82) is 0 Å². The lowest BCUT2D eigenvalue weighted by Crippen LogP contribution is -1.91. The van der Waals surface area contributed by atoms with Gasteiger partial charge < -0.3 is 0 Å². The van der Waals surface area contributed by atoms with Gasteiger partial charge in [-0.15, -0.1) is 3.89 Å². The molecule has 0 heterocycles. The van der Waals surface area contributed by atoms with E-state index in [1.807, 2.05) is 6.92 Å². The smallest absolute Gasteiger partial charge is 0.189 e. The Labute approximate surface area is 71.2 Å². The van der Waals surface area contributed by atoms with E-state index in [1.54, 1.807) is 12.1 Å². The summed E-state index contributed by atoms with van der Waals surface area (Å²) in [5.41, 5.74) is 0.988. The van der Waals surface area contributed by atoms with E-state index in [9.17, 15) is 12.3 Å². The first-order chi connectivity index (χ1) is 5.54. The first kappa shape index (κ1) is 9.19. The zero-order chi connectivity index (χ0) is 9.19. The van der Waals surface area contributed by atoms with Crippen LogP contribution >= 0.6 is 0 Å². The maximum atomic E-state index is 12.3. The van der Waals surface area contributed by atoms with Crippen molar-refractivity contribution in [3.05, 3.63) is 29.8 Å². The number of hydrogen-bond acceptors (Lipinski definition) is 2. The lowest BCUT2D eigenvalue weighted by atomic mass is 10.2. The normalized spacial score (nSPS) is 11.5. The predicted molar refractivity (Wildman–Crippen MR) is 44.1 cm³/mol. The third-order valence-electron chi connectivity index (χ3n) is 1.61. The fourth-order valence-corrected chi connectivity index (χ4v) is 1.35. The molecule has 0 spiro atoms. The van der Waals surface area contributed by atoms with Crippen molar-refractivity contribution in [3.63, 3.8) is 0 Å². The lowest BCUT2D eigenvalue weighted by Gasteiger charge is -1.96. The van der Waals surface area contributed by atoms with E-state index in [-0.39, 0.29) is 4.90 Å². The fourth-order valence-electron chi connectivity index (χ4n) is 0.888. The van der Waals surface area contributed by atoms with Gasteiger partial charge in [-0.05, 0) is 24.1 Å². The Hall–Kier alpha value is -0.900. The van der Waals surface area contributed by atoms with Gasteiger partial charge in [0, 0.05) is 0 Å². The number of halogens is 1. The zero-order valence-electron chi connectivity index (χ0n) is 6.62. The molecule has 0 aromatic heterocycles. The van der Waals surface area contributed by atoms with Gasteiger partial charge in [0.25, 0.3) is 0 Å². The van der Waals surface area contributed by atoms with Gasteiger partial charge in [-0.1, -0.05) is 19.1 Å². The predicted octanol–water partition coefficient (Wildman–Crippen LogP) is 1.91. The molecule has 0 amide bonds. The molecule has 0 N–H and O–H groups in total. The van der Waals surface area contributed by atoms with Crippen LogP contribution in [-0.4, -0.2) is 8.42 Å². The molecule has 12 heavy (non-hydrogen) atoms. The minimum Gasteiger partial charge on any atom is -0.189 e. The average molecular weight is 188 g/mol. The highest BCUT2D eigenvalue weighted by Gasteiger charge is 2.09. The van der Waals surface area contributed by atoms with Crippen LogP contribution in [0.5, 0.6) is 0 Å². The van der Waals surface area contributed by atoms with Crippen LogP contribution in [0, 0.1) is 0 Å². The minimum absolute atomic E-state index is 0.278. The van der Waals surface area contributed by atoms with Gasteiger partial charge in [0.1, 0.15) is 0 Å². The number of hydrogen-bond donors (Lipinski definition) is 0. The second-order valence-electron chi connectivity index (χ2n) is 2.44. The highest BCUT2D eigenvalue weighted by molar-refractivity contribution is 7.86. The maximum absolute atomic E-state index is 12.3. The molecule has 0 aliphatic rings. The van der Waals surface area contributed by atoms with Crippen molar-refractivity contribution in [2.24, 2.45) is 0 Å². The van der Waals surface area contributed by atoms with Crippen LogP contribution in [-0.2, 0) is 16.6 Å². The number of aryl methyl sites for hydroxylation is 1. The SMILES string of the molecule is CCc1ccc(S(=O)(=O)F)cc1. The van der Waals surface area contributed by atoms with Crippen molar-refractivity contribution >= 4 is 10.2 Å². The maximum Gasteiger partial charge on any atom is 0.332 e. The topological polar surface area (TPSA) is 34.1 Å². The Morgan fingerprint density at radius 1 is 1.25 bits per heavy atom. The summed E-state index contributed by atoms with van der Waals surface area (Å²) in [6, 6.07) is 5.75. The molecule has 0 atom stereocenters. The van der Waals surface area contributed by atoms with E-state index in [2.05, 4.69) is 0 Å². The Bertz CT molecular complexity index is 353. The summed E-state index contributed by atoms with van der Waals surface area (Å²) in [4.78, 5) is -0.278. The molecule has 0 fully saturated rings. The Morgan fingerprint density at radius 3 is 2.08 bits per heavy atom. The highest BCUT2D eigenvalue weighted by atomic mass is 32.3. The molecule has 0 bridgehead atoms. The Kier molecular flexibility index (Phi) is 2.47. The molecule has 1 rings (SSSR count). The van der Waals surface area contributed by atoms with Gasteiger partial charge >= 0.3 is 10.2 Å². The van der Waals surface area contributed by atoms with Crippen LogP contribution in [0.3, 0.4) is 0 Å². The van der Waals surface area contributed by atoms with Crippen molar-refractivity contribution in [2.75, 3.05) is 0 Å². The largest absolute Gasteiger partial charge is 0.332 e. The van der Waals surface area contributed by atoms with Crippen LogP contribution < -0.4 is 0 Å². The zero-order valence-corrected chi connectivity index (χ0v) is 7.44. The average Bonchev–Trinajstić information content (AvgIpc) is 2.03. The fraction of sp³-hybridized carbons (Fsp3) is 0.250. The Morgan fingerprint density at radius 2 is 1.75 bits per heavy atom. The van der Waals surface area contributed by atoms with E-state index >= 15 is 0 Å². The molecule has 0 aliphatic carbocycles. The summed E-state index contributed by atoms with van der Waals surface area (Å²) >= 11 is 0. The summed E-state index contributed by atoms with van der Waals surface area (Å²) in [6.45, 7) is 1.94. The van der Waals surface area contributed by atoms with E-state index < -0.39 is 10.2 Å². The lowest BCUT2D eigenvalue weighted by molar-refractivity contribution is 0.552. The molecular weight excluding hydrogens is 179 g/mol. The summed E-state index contributed by atoms with van der Waals surface area (Å²) in [6.07, 6.45) is 0.812. The van der Waals surface area contributed by atoms with Gasteiger partial charge in [-0.3, -0.25) is 0 Å². The van der Waals surface area contributed by atoms with Gasteiger partial charge in [0.15, 0.2) is 0 Å². The van der Waals surface area contributed by atoms with Crippen LogP contribution in [0.15, 0.2) is 29.2 Å². The molecule has 0 saturated carbocycles. The monoisotopic (exact) mass is 188 g/mol. The highest BCUT2D eigenvalue weighted by Crippen LogP contribution is 2.12. The van der Waals surface area contributed by atoms with Crippen molar-refractivity contribution in [1.82, 2.24) is 0 Å². The summed E-state index contributed by atoms with van der Waals surface area (Å²) < 4.78 is 33.1. The molecule has 66 valence electrons. The van der Waals surface area contributed by atoms with Crippen LogP contribution in [0.25, 0.3) is 0 Å². The second-order valence-corrected chi connectivity index (χ2v) is 3.78. The molecule has 0 unspecified atom stereocenters. The molecule has 0 radical (unpaired) electrons. The molecule has 0 aliphatic heterocycles. The molecule has 4 heteroatoms. The van der Waals surface area contributed by atoms with Gasteiger partial charge in [0.05, 0.1) is 4.90 Å². The summed E-state index contributed by atoms with van der Waals surface area (Å²) in [5.74, 6) is 0. The number of rotatable bonds is 2.